The van der Waals surface area contributed by atoms with Crippen molar-refractivity contribution in [3.63, 3.8) is 0 Å². The number of amides is 1. The summed E-state index contributed by atoms with van der Waals surface area (Å²) < 4.78 is 0. The van der Waals surface area contributed by atoms with Gasteiger partial charge in [-0.15, -0.1) is 0 Å². The first kappa shape index (κ1) is 13.6. The molecule has 2 rings (SSSR count). The second-order valence-electron chi connectivity index (χ2n) is 4.23. The van der Waals surface area contributed by atoms with Crippen LogP contribution in [-0.4, -0.2) is 22.3 Å². The van der Waals surface area contributed by atoms with E-state index in [0.717, 1.165) is 0 Å². The number of aromatic hydroxyl groups is 2. The number of hydrogen-bond acceptors (Lipinski definition) is 4. The second kappa shape index (κ2) is 5.88. The average Bonchev–Trinajstić information content (AvgIpc) is 2.39. The van der Waals surface area contributed by atoms with E-state index in [9.17, 15) is 15.0 Å². The molecule has 0 heterocycles. The fourth-order valence-electron chi connectivity index (χ4n) is 1.62. The molecule has 20 heavy (non-hydrogen) atoms. The Kier molecular flexibility index (Phi) is 4.00. The van der Waals surface area contributed by atoms with Gasteiger partial charge in [-0.3, -0.25) is 9.79 Å². The monoisotopic (exact) mass is 270 g/mol. The standard InChI is InChI=1S/C15H14N2O3/c1-10(18)17-13-5-3-12(4-6-13)16-9-11-2-7-14(19)8-15(11)20/h2-9,19-20H,1H3,(H,17,18). The highest BCUT2D eigenvalue weighted by Gasteiger charge is 1.99. The normalized spacial score (nSPS) is 10.7. The smallest absolute Gasteiger partial charge is 0.221 e. The van der Waals surface area contributed by atoms with Crippen molar-refractivity contribution in [3.05, 3.63) is 48.0 Å². The SMILES string of the molecule is CC(=O)Nc1ccc(N=Cc2ccc(O)cc2O)cc1. The summed E-state index contributed by atoms with van der Waals surface area (Å²) in [5, 5.41) is 21.5. The maximum atomic E-state index is 10.9. The maximum absolute atomic E-state index is 10.9. The lowest BCUT2D eigenvalue weighted by Crippen LogP contribution is -2.04. The molecule has 0 aliphatic rings. The molecule has 0 bridgehead atoms. The largest absolute Gasteiger partial charge is 0.508 e. The lowest BCUT2D eigenvalue weighted by molar-refractivity contribution is -0.114. The minimum absolute atomic E-state index is 0.000639. The van der Waals surface area contributed by atoms with E-state index in [1.807, 2.05) is 0 Å². The summed E-state index contributed by atoms with van der Waals surface area (Å²) >= 11 is 0. The van der Waals surface area contributed by atoms with Crippen LogP contribution in [0.1, 0.15) is 12.5 Å². The summed E-state index contributed by atoms with van der Waals surface area (Å²) in [5.74, 6) is -0.168. The van der Waals surface area contributed by atoms with Gasteiger partial charge in [-0.1, -0.05) is 0 Å². The van der Waals surface area contributed by atoms with Crippen LogP contribution in [-0.2, 0) is 4.79 Å². The number of rotatable bonds is 3. The van der Waals surface area contributed by atoms with Crippen LogP contribution < -0.4 is 5.32 Å². The third-order valence-corrected chi connectivity index (χ3v) is 2.55. The summed E-state index contributed by atoms with van der Waals surface area (Å²) in [6.45, 7) is 1.44. The number of phenolic OH excluding ortho intramolecular Hbond substituents is 2. The quantitative estimate of drug-likeness (QED) is 0.750. The van der Waals surface area contributed by atoms with E-state index in [4.69, 9.17) is 0 Å². The topological polar surface area (TPSA) is 81.9 Å². The molecule has 2 aromatic carbocycles. The van der Waals surface area contributed by atoms with Crippen LogP contribution in [0.15, 0.2) is 47.5 Å². The number of hydrogen-bond donors (Lipinski definition) is 3. The van der Waals surface area contributed by atoms with Crippen LogP contribution in [0.4, 0.5) is 11.4 Å². The number of phenols is 2. The number of nitrogens with zero attached hydrogens (tertiary/aromatic N) is 1. The van der Waals surface area contributed by atoms with Crippen molar-refractivity contribution in [2.24, 2.45) is 4.99 Å². The van der Waals surface area contributed by atoms with Gasteiger partial charge in [0.05, 0.1) is 5.69 Å². The van der Waals surface area contributed by atoms with Crippen molar-refractivity contribution >= 4 is 23.5 Å². The number of benzene rings is 2. The predicted molar refractivity (Wildman–Crippen MR) is 77.8 cm³/mol. The number of aliphatic imine (C=N–C) groups is 1. The zero-order valence-electron chi connectivity index (χ0n) is 10.9. The Morgan fingerprint density at radius 2 is 1.85 bits per heavy atom. The zero-order chi connectivity index (χ0) is 14.5. The molecule has 2 aromatic rings. The van der Waals surface area contributed by atoms with Gasteiger partial charge < -0.3 is 15.5 Å². The molecule has 0 spiro atoms. The number of nitrogens with one attached hydrogen (secondary N) is 1. The summed E-state index contributed by atoms with van der Waals surface area (Å²) in [6, 6.07) is 11.3. The molecule has 3 N–H and O–H groups in total. The van der Waals surface area contributed by atoms with Crippen molar-refractivity contribution in [1.82, 2.24) is 0 Å². The van der Waals surface area contributed by atoms with E-state index in [2.05, 4.69) is 10.3 Å². The second-order valence-corrected chi connectivity index (χ2v) is 4.23. The van der Waals surface area contributed by atoms with Crippen molar-refractivity contribution in [2.75, 3.05) is 5.32 Å². The molecular weight excluding hydrogens is 256 g/mol. The molecule has 102 valence electrons. The number of anilines is 1. The van der Waals surface area contributed by atoms with E-state index < -0.39 is 0 Å². The highest BCUT2D eigenvalue weighted by molar-refractivity contribution is 5.89. The molecule has 0 radical (unpaired) electrons. The Morgan fingerprint density at radius 1 is 1.15 bits per heavy atom. The van der Waals surface area contributed by atoms with E-state index >= 15 is 0 Å². The van der Waals surface area contributed by atoms with E-state index in [1.165, 1.54) is 25.3 Å². The van der Waals surface area contributed by atoms with Crippen LogP contribution in [0, 0.1) is 0 Å². The molecule has 0 atom stereocenters. The average molecular weight is 270 g/mol. The zero-order valence-corrected chi connectivity index (χ0v) is 10.9. The Hall–Kier alpha value is -2.82. The van der Waals surface area contributed by atoms with Gasteiger partial charge in [-0.25, -0.2) is 0 Å². The van der Waals surface area contributed by atoms with Crippen molar-refractivity contribution in [1.29, 1.82) is 0 Å². The van der Waals surface area contributed by atoms with E-state index in [0.29, 0.717) is 16.9 Å². The molecule has 0 aliphatic carbocycles. The van der Waals surface area contributed by atoms with Gasteiger partial charge in [-0.2, -0.15) is 0 Å². The molecule has 0 saturated heterocycles. The lowest BCUT2D eigenvalue weighted by atomic mass is 10.2. The molecule has 5 heteroatoms. The highest BCUT2D eigenvalue weighted by Crippen LogP contribution is 2.22. The molecule has 0 aliphatic heterocycles. The Balaban J connectivity index is 2.13. The van der Waals surface area contributed by atoms with Gasteiger partial charge in [0.25, 0.3) is 0 Å². The number of carbonyl (C=O) groups excluding carboxylic acids is 1. The van der Waals surface area contributed by atoms with Gasteiger partial charge in [0.2, 0.25) is 5.91 Å². The highest BCUT2D eigenvalue weighted by atomic mass is 16.3. The van der Waals surface area contributed by atoms with Gasteiger partial charge in [-0.05, 0) is 36.4 Å². The van der Waals surface area contributed by atoms with Crippen LogP contribution in [0.3, 0.4) is 0 Å². The Bertz CT molecular complexity index is 649. The molecule has 0 unspecified atom stereocenters. The van der Waals surface area contributed by atoms with Crippen molar-refractivity contribution in [2.45, 2.75) is 6.92 Å². The first-order valence-corrected chi connectivity index (χ1v) is 5.98. The molecular formula is C15H14N2O3. The molecule has 5 nitrogen and oxygen atoms in total. The van der Waals surface area contributed by atoms with Crippen molar-refractivity contribution in [3.8, 4) is 11.5 Å². The fraction of sp³-hybridized carbons (Fsp3) is 0.0667. The Labute approximate surface area is 116 Å². The third kappa shape index (κ3) is 3.58. The van der Waals surface area contributed by atoms with Gasteiger partial charge in [0.1, 0.15) is 11.5 Å². The number of carbonyl (C=O) groups is 1. The van der Waals surface area contributed by atoms with E-state index in [-0.39, 0.29) is 17.4 Å². The van der Waals surface area contributed by atoms with Crippen LogP contribution in [0.5, 0.6) is 11.5 Å². The fourth-order valence-corrected chi connectivity index (χ4v) is 1.62. The maximum Gasteiger partial charge on any atom is 0.221 e. The van der Waals surface area contributed by atoms with Gasteiger partial charge >= 0.3 is 0 Å². The summed E-state index contributed by atoms with van der Waals surface area (Å²) in [5.41, 5.74) is 1.89. The van der Waals surface area contributed by atoms with Crippen molar-refractivity contribution < 1.29 is 15.0 Å². The van der Waals surface area contributed by atoms with Gasteiger partial charge in [0.15, 0.2) is 0 Å². The molecule has 1 amide bonds. The predicted octanol–water partition coefficient (Wildman–Crippen LogP) is 2.81. The summed E-state index contributed by atoms with van der Waals surface area (Å²) in [7, 11) is 0. The van der Waals surface area contributed by atoms with E-state index in [1.54, 1.807) is 30.3 Å². The lowest BCUT2D eigenvalue weighted by Gasteiger charge is -2.02. The van der Waals surface area contributed by atoms with Crippen LogP contribution in [0.25, 0.3) is 0 Å². The third-order valence-electron chi connectivity index (χ3n) is 2.55. The Morgan fingerprint density at radius 3 is 2.45 bits per heavy atom. The summed E-state index contributed by atoms with van der Waals surface area (Å²) in [6.07, 6.45) is 1.50. The minimum Gasteiger partial charge on any atom is -0.508 e. The van der Waals surface area contributed by atoms with Gasteiger partial charge in [0, 0.05) is 30.5 Å². The van der Waals surface area contributed by atoms with Crippen LogP contribution in [0.2, 0.25) is 0 Å². The van der Waals surface area contributed by atoms with Crippen LogP contribution >= 0.6 is 0 Å². The molecule has 0 saturated carbocycles. The first-order valence-electron chi connectivity index (χ1n) is 5.98. The molecule has 0 fully saturated rings. The summed E-state index contributed by atoms with van der Waals surface area (Å²) in [4.78, 5) is 15.1. The minimum atomic E-state index is -0.129. The first-order chi connectivity index (χ1) is 9.54. The molecule has 0 aromatic heterocycles.